The summed E-state index contributed by atoms with van der Waals surface area (Å²) < 4.78 is 7.34. The van der Waals surface area contributed by atoms with Gasteiger partial charge in [0, 0.05) is 43.3 Å². The molecule has 0 saturated carbocycles. The Morgan fingerprint density at radius 3 is 2.93 bits per heavy atom. The molecular formula is C22H31N3O2. The molecule has 1 N–H and O–H groups in total. The lowest BCUT2D eigenvalue weighted by molar-refractivity contribution is 0.0576. The number of aromatic nitrogens is 1. The van der Waals surface area contributed by atoms with E-state index in [0.29, 0.717) is 18.6 Å². The van der Waals surface area contributed by atoms with E-state index < -0.39 is 0 Å². The van der Waals surface area contributed by atoms with Gasteiger partial charge < -0.3 is 19.5 Å². The molecule has 27 heavy (non-hydrogen) atoms. The van der Waals surface area contributed by atoms with Crippen LogP contribution in [0, 0.1) is 5.92 Å². The lowest BCUT2D eigenvalue weighted by Gasteiger charge is -2.44. The van der Waals surface area contributed by atoms with Gasteiger partial charge >= 0.3 is 0 Å². The van der Waals surface area contributed by atoms with Crippen LogP contribution in [0.2, 0.25) is 0 Å². The fourth-order valence-electron chi connectivity index (χ4n) is 4.94. The van der Waals surface area contributed by atoms with Crippen LogP contribution in [-0.4, -0.2) is 54.8 Å². The molecular weight excluding hydrogens is 338 g/mol. The Balaban J connectivity index is 1.46. The van der Waals surface area contributed by atoms with Gasteiger partial charge in [0.1, 0.15) is 0 Å². The zero-order valence-corrected chi connectivity index (χ0v) is 16.3. The predicted molar refractivity (Wildman–Crippen MR) is 108 cm³/mol. The number of nitrogens with one attached hydrogen (secondary N) is 1. The second-order valence-electron chi connectivity index (χ2n) is 7.96. The van der Waals surface area contributed by atoms with E-state index in [1.54, 1.807) is 7.11 Å². The third kappa shape index (κ3) is 3.90. The predicted octanol–water partition coefficient (Wildman–Crippen LogP) is 3.28. The number of hydrogen-bond acceptors (Lipinski definition) is 3. The third-order valence-electron chi connectivity index (χ3n) is 6.32. The van der Waals surface area contributed by atoms with Crippen LogP contribution in [-0.2, 0) is 11.3 Å². The molecule has 2 atom stereocenters. The molecule has 2 aromatic rings. The van der Waals surface area contributed by atoms with E-state index in [1.807, 2.05) is 24.4 Å². The summed E-state index contributed by atoms with van der Waals surface area (Å²) in [5.74, 6) is 0.639. The molecule has 0 radical (unpaired) electrons. The van der Waals surface area contributed by atoms with Crippen molar-refractivity contribution in [3.8, 4) is 0 Å². The Bertz CT molecular complexity index is 783. The molecule has 5 heteroatoms. The zero-order valence-electron chi connectivity index (χ0n) is 16.3. The smallest absolute Gasteiger partial charge is 0.253 e. The molecule has 2 fully saturated rings. The SMILES string of the molecule is COCCn1cc(C(=O)NCC2CCCN3CCCCC23)c2ccccc21. The standard InChI is InChI=1S/C22H31N3O2/c1-27-14-13-25-16-19(18-8-2-3-10-21(18)25)22(26)23-15-17-7-6-12-24-11-5-4-9-20(17)24/h2-3,8,10,16-17,20H,4-7,9,11-15H2,1H3,(H,23,26). The highest BCUT2D eigenvalue weighted by molar-refractivity contribution is 6.07. The van der Waals surface area contributed by atoms with Crippen molar-refractivity contribution in [1.29, 1.82) is 0 Å². The number of rotatable bonds is 6. The number of fused-ring (bicyclic) bond motifs is 2. The molecule has 1 aromatic carbocycles. The second-order valence-corrected chi connectivity index (χ2v) is 7.96. The third-order valence-corrected chi connectivity index (χ3v) is 6.32. The molecule has 0 aliphatic carbocycles. The van der Waals surface area contributed by atoms with Gasteiger partial charge in [0.25, 0.3) is 5.91 Å². The fourth-order valence-corrected chi connectivity index (χ4v) is 4.94. The molecule has 2 aliphatic rings. The monoisotopic (exact) mass is 369 g/mol. The van der Waals surface area contributed by atoms with Crippen LogP contribution < -0.4 is 5.32 Å². The number of methoxy groups -OCH3 is 1. The topological polar surface area (TPSA) is 46.5 Å². The Morgan fingerprint density at radius 1 is 1.19 bits per heavy atom. The number of benzene rings is 1. The molecule has 2 saturated heterocycles. The van der Waals surface area contributed by atoms with Crippen LogP contribution in [0.5, 0.6) is 0 Å². The van der Waals surface area contributed by atoms with Gasteiger partial charge in [0.05, 0.1) is 12.2 Å². The van der Waals surface area contributed by atoms with Crippen molar-refractivity contribution in [2.75, 3.05) is 33.4 Å². The first-order valence-corrected chi connectivity index (χ1v) is 10.4. The summed E-state index contributed by atoms with van der Waals surface area (Å²) in [6.07, 6.45) is 8.42. The number of amides is 1. The zero-order chi connectivity index (χ0) is 18.6. The van der Waals surface area contributed by atoms with Crippen molar-refractivity contribution < 1.29 is 9.53 Å². The lowest BCUT2D eigenvalue weighted by atomic mass is 9.83. The summed E-state index contributed by atoms with van der Waals surface area (Å²) in [6, 6.07) is 8.80. The number of para-hydroxylation sites is 1. The maximum absolute atomic E-state index is 13.0. The number of ether oxygens (including phenoxy) is 1. The van der Waals surface area contributed by atoms with E-state index in [1.165, 1.54) is 45.2 Å². The number of nitrogens with zero attached hydrogens (tertiary/aromatic N) is 2. The minimum atomic E-state index is 0.0512. The van der Waals surface area contributed by atoms with Gasteiger partial charge in [-0.2, -0.15) is 0 Å². The molecule has 0 bridgehead atoms. The van der Waals surface area contributed by atoms with Crippen molar-refractivity contribution in [1.82, 2.24) is 14.8 Å². The molecule has 146 valence electrons. The Kier molecular flexibility index (Phi) is 5.79. The van der Waals surface area contributed by atoms with Gasteiger partial charge in [0.15, 0.2) is 0 Å². The largest absolute Gasteiger partial charge is 0.383 e. The summed E-state index contributed by atoms with van der Waals surface area (Å²) in [6.45, 7) is 4.66. The van der Waals surface area contributed by atoms with E-state index in [-0.39, 0.29) is 5.91 Å². The molecule has 1 amide bonds. The molecule has 4 rings (SSSR count). The summed E-state index contributed by atoms with van der Waals surface area (Å²) >= 11 is 0. The molecule has 2 unspecified atom stereocenters. The van der Waals surface area contributed by atoms with Crippen molar-refractivity contribution >= 4 is 16.8 Å². The minimum Gasteiger partial charge on any atom is -0.383 e. The van der Waals surface area contributed by atoms with Crippen LogP contribution in [0.25, 0.3) is 10.9 Å². The van der Waals surface area contributed by atoms with Crippen LogP contribution in [0.3, 0.4) is 0 Å². The quantitative estimate of drug-likeness (QED) is 0.850. The van der Waals surface area contributed by atoms with Gasteiger partial charge in [-0.05, 0) is 50.8 Å². The first-order chi connectivity index (χ1) is 13.3. The number of carbonyl (C=O) groups is 1. The van der Waals surface area contributed by atoms with E-state index in [2.05, 4.69) is 20.9 Å². The van der Waals surface area contributed by atoms with Gasteiger partial charge in [0.2, 0.25) is 0 Å². The second kappa shape index (κ2) is 8.44. The Hall–Kier alpha value is -1.85. The fraction of sp³-hybridized carbons (Fsp3) is 0.591. The Morgan fingerprint density at radius 2 is 2.04 bits per heavy atom. The summed E-state index contributed by atoms with van der Waals surface area (Å²) in [5.41, 5.74) is 1.87. The van der Waals surface area contributed by atoms with Crippen molar-refractivity contribution in [2.24, 2.45) is 5.92 Å². The summed E-state index contributed by atoms with van der Waals surface area (Å²) in [4.78, 5) is 15.6. The van der Waals surface area contributed by atoms with E-state index in [0.717, 1.165) is 29.6 Å². The van der Waals surface area contributed by atoms with Gasteiger partial charge in [-0.3, -0.25) is 4.79 Å². The van der Waals surface area contributed by atoms with Crippen molar-refractivity contribution in [2.45, 2.75) is 44.7 Å². The normalized spacial score (nSPS) is 23.3. The average Bonchev–Trinajstić information content (AvgIpc) is 3.09. The lowest BCUT2D eigenvalue weighted by Crippen LogP contribution is -2.51. The number of piperidine rings is 2. The first kappa shape index (κ1) is 18.5. The van der Waals surface area contributed by atoms with Crippen molar-refractivity contribution in [3.05, 3.63) is 36.0 Å². The molecule has 0 spiro atoms. The van der Waals surface area contributed by atoms with Crippen LogP contribution in [0.1, 0.15) is 42.5 Å². The average molecular weight is 370 g/mol. The number of carbonyl (C=O) groups excluding carboxylic acids is 1. The molecule has 5 nitrogen and oxygen atoms in total. The molecule has 2 aliphatic heterocycles. The summed E-state index contributed by atoms with van der Waals surface area (Å²) in [7, 11) is 1.71. The maximum atomic E-state index is 13.0. The highest BCUT2D eigenvalue weighted by Gasteiger charge is 2.33. The van der Waals surface area contributed by atoms with Crippen LogP contribution in [0.4, 0.5) is 0 Å². The molecule has 1 aromatic heterocycles. The van der Waals surface area contributed by atoms with Gasteiger partial charge in [-0.15, -0.1) is 0 Å². The van der Waals surface area contributed by atoms with E-state index in [4.69, 9.17) is 4.74 Å². The summed E-state index contributed by atoms with van der Waals surface area (Å²) in [5, 5.41) is 4.28. The van der Waals surface area contributed by atoms with Gasteiger partial charge in [-0.25, -0.2) is 0 Å². The van der Waals surface area contributed by atoms with Crippen LogP contribution in [0.15, 0.2) is 30.5 Å². The first-order valence-electron chi connectivity index (χ1n) is 10.4. The highest BCUT2D eigenvalue weighted by Crippen LogP contribution is 2.30. The minimum absolute atomic E-state index is 0.0512. The van der Waals surface area contributed by atoms with Crippen molar-refractivity contribution in [3.63, 3.8) is 0 Å². The molecule has 3 heterocycles. The number of hydrogen-bond donors (Lipinski definition) is 1. The maximum Gasteiger partial charge on any atom is 0.253 e. The van der Waals surface area contributed by atoms with E-state index in [9.17, 15) is 4.79 Å². The Labute approximate surface area is 161 Å². The van der Waals surface area contributed by atoms with Gasteiger partial charge in [-0.1, -0.05) is 24.6 Å². The highest BCUT2D eigenvalue weighted by atomic mass is 16.5. The van der Waals surface area contributed by atoms with E-state index >= 15 is 0 Å². The van der Waals surface area contributed by atoms with Crippen LogP contribution >= 0.6 is 0 Å².